The summed E-state index contributed by atoms with van der Waals surface area (Å²) in [7, 11) is -3.60. The number of nitrogens with one attached hydrogen (secondary N) is 2. The van der Waals surface area contributed by atoms with E-state index in [1.807, 2.05) is 0 Å². The van der Waals surface area contributed by atoms with Gasteiger partial charge in [-0.05, 0) is 6.92 Å². The average molecular weight is 357 g/mol. The molecule has 3 rings (SSSR count). The van der Waals surface area contributed by atoms with Crippen LogP contribution in [0.5, 0.6) is 0 Å². The number of rotatable bonds is 2. The van der Waals surface area contributed by atoms with Gasteiger partial charge in [0.15, 0.2) is 0 Å². The van der Waals surface area contributed by atoms with E-state index < -0.39 is 21.9 Å². The van der Waals surface area contributed by atoms with Crippen molar-refractivity contribution in [3.8, 4) is 0 Å². The van der Waals surface area contributed by atoms with E-state index in [0.717, 1.165) is 6.26 Å². The summed E-state index contributed by atoms with van der Waals surface area (Å²) < 4.78 is 25.3. The molecule has 2 atom stereocenters. The molecule has 0 saturated carbocycles. The number of aromatic nitrogens is 5. The Bertz CT molecular complexity index is 851. The number of hydrogen-bond donors (Lipinski definition) is 4. The third-order valence-electron chi connectivity index (χ3n) is 3.50. The van der Waals surface area contributed by atoms with Crippen LogP contribution >= 0.6 is 12.6 Å². The Morgan fingerprint density at radius 3 is 2.83 bits per heavy atom. The quantitative estimate of drug-likeness (QED) is 0.541. The zero-order chi connectivity index (χ0) is 16.8. The maximum atomic E-state index is 12.0. The lowest BCUT2D eigenvalue weighted by Gasteiger charge is -2.25. The first kappa shape index (κ1) is 16.0. The Morgan fingerprint density at radius 2 is 2.17 bits per heavy atom. The molecule has 2 aromatic heterocycles. The molecule has 2 unspecified atom stereocenters. The second-order valence-corrected chi connectivity index (χ2v) is 7.57. The van der Waals surface area contributed by atoms with Crippen LogP contribution in [-0.2, 0) is 9.84 Å². The summed E-state index contributed by atoms with van der Waals surface area (Å²) >= 11 is 4.27. The van der Waals surface area contributed by atoms with E-state index in [-0.39, 0.29) is 23.7 Å². The molecule has 23 heavy (non-hydrogen) atoms. The summed E-state index contributed by atoms with van der Waals surface area (Å²) in [6.45, 7) is 1.49. The third-order valence-corrected chi connectivity index (χ3v) is 4.77. The first-order chi connectivity index (χ1) is 10.8. The molecule has 2 bridgehead atoms. The zero-order valence-electron chi connectivity index (χ0n) is 12.3. The molecule has 1 aliphatic rings. The van der Waals surface area contributed by atoms with Gasteiger partial charge in [-0.15, -0.1) is 22.8 Å². The average Bonchev–Trinajstić information content (AvgIpc) is 2.91. The lowest BCUT2D eigenvalue weighted by molar-refractivity contribution is 0.240. The minimum atomic E-state index is -3.60. The van der Waals surface area contributed by atoms with Crippen LogP contribution in [-0.4, -0.2) is 57.2 Å². The Morgan fingerprint density at radius 1 is 1.43 bits per heavy atom. The maximum Gasteiger partial charge on any atom is 0.251 e. The molecule has 1 aliphatic heterocycles. The first-order valence-electron chi connectivity index (χ1n) is 6.66. The molecule has 0 amide bonds. The fourth-order valence-corrected chi connectivity index (χ4v) is 3.27. The van der Waals surface area contributed by atoms with E-state index in [4.69, 9.17) is 0 Å². The molecule has 0 spiro atoms. The van der Waals surface area contributed by atoms with Crippen LogP contribution in [0.25, 0.3) is 0 Å². The highest BCUT2D eigenvalue weighted by molar-refractivity contribution is 7.90. The number of sulfone groups is 1. The predicted molar refractivity (Wildman–Crippen MR) is 84.9 cm³/mol. The van der Waals surface area contributed by atoms with Gasteiger partial charge in [0.25, 0.3) is 5.16 Å². The summed E-state index contributed by atoms with van der Waals surface area (Å²) in [4.78, 5) is 8.81. The predicted octanol–water partition coefficient (Wildman–Crippen LogP) is -0.149. The van der Waals surface area contributed by atoms with Crippen LogP contribution in [0.15, 0.2) is 16.2 Å². The van der Waals surface area contributed by atoms with Gasteiger partial charge in [-0.2, -0.15) is 4.98 Å². The highest BCUT2D eigenvalue weighted by atomic mass is 32.2. The number of hydrogen-bond acceptors (Lipinski definition) is 10. The maximum absolute atomic E-state index is 12.0. The van der Waals surface area contributed by atoms with Crippen molar-refractivity contribution >= 4 is 40.2 Å². The number of fused-ring (bicyclic) bond motifs is 3. The lowest BCUT2D eigenvalue weighted by Crippen LogP contribution is -2.34. The van der Waals surface area contributed by atoms with Crippen molar-refractivity contribution < 1.29 is 13.5 Å². The van der Waals surface area contributed by atoms with Gasteiger partial charge in [0.1, 0.15) is 5.82 Å². The molecular weight excluding hydrogens is 342 g/mol. The number of nitrogens with zero attached hydrogens (tertiary/aromatic N) is 5. The number of anilines is 3. The Hall–Kier alpha value is -1.92. The van der Waals surface area contributed by atoms with Gasteiger partial charge in [-0.3, -0.25) is 9.88 Å². The van der Waals surface area contributed by atoms with Gasteiger partial charge in [0.05, 0.1) is 23.6 Å². The Labute approximate surface area is 137 Å². The van der Waals surface area contributed by atoms with Gasteiger partial charge in [0.2, 0.25) is 21.7 Å². The third kappa shape index (κ3) is 2.84. The smallest absolute Gasteiger partial charge is 0.251 e. The topological polar surface area (TPSA) is 135 Å². The van der Waals surface area contributed by atoms with Crippen LogP contribution in [0, 0.1) is 0 Å². The van der Waals surface area contributed by atoms with Crippen LogP contribution in [0.4, 0.5) is 17.7 Å². The number of aliphatic hydroxyl groups excluding tert-OH is 1. The summed E-state index contributed by atoms with van der Waals surface area (Å²) in [5, 5.41) is 23.0. The van der Waals surface area contributed by atoms with E-state index in [1.165, 1.54) is 10.8 Å². The van der Waals surface area contributed by atoms with Crippen LogP contribution < -0.4 is 10.6 Å². The second kappa shape index (κ2) is 5.62. The Balaban J connectivity index is 2.21. The van der Waals surface area contributed by atoms with Crippen LogP contribution in [0.2, 0.25) is 0 Å². The van der Waals surface area contributed by atoms with Crippen LogP contribution in [0.1, 0.15) is 13.0 Å². The standard InChI is InChI=1S/C11H15N7O3S2/c1-5-6(4-19)13-8-7(22)3-12-9(14-8)15-10-16-17-11(18(5)10)23(2,20)21/h3,5-6,19,22H,4H2,1-2H3,(H2,12,13,14,15,16). The zero-order valence-corrected chi connectivity index (χ0v) is 14.0. The largest absolute Gasteiger partial charge is 0.394 e. The molecule has 3 N–H and O–H groups in total. The fraction of sp³-hybridized carbons (Fsp3) is 0.455. The van der Waals surface area contributed by atoms with Crippen molar-refractivity contribution in [3.63, 3.8) is 0 Å². The highest BCUT2D eigenvalue weighted by Gasteiger charge is 2.30. The lowest BCUT2D eigenvalue weighted by atomic mass is 10.1. The summed E-state index contributed by atoms with van der Waals surface area (Å²) in [5.74, 6) is 0.819. The van der Waals surface area contributed by atoms with Crippen molar-refractivity contribution in [2.45, 2.75) is 29.1 Å². The van der Waals surface area contributed by atoms with Crippen molar-refractivity contribution in [3.05, 3.63) is 6.20 Å². The van der Waals surface area contributed by atoms with Crippen molar-refractivity contribution in [1.82, 2.24) is 24.7 Å². The highest BCUT2D eigenvalue weighted by Crippen LogP contribution is 2.29. The van der Waals surface area contributed by atoms with E-state index in [0.29, 0.717) is 10.7 Å². The van der Waals surface area contributed by atoms with Gasteiger partial charge in [-0.25, -0.2) is 13.4 Å². The van der Waals surface area contributed by atoms with Gasteiger partial charge >= 0.3 is 0 Å². The van der Waals surface area contributed by atoms with Crippen LogP contribution in [0.3, 0.4) is 0 Å². The van der Waals surface area contributed by atoms with E-state index in [1.54, 1.807) is 6.92 Å². The molecule has 0 aromatic carbocycles. The molecular formula is C11H15N7O3S2. The Kier molecular flexibility index (Phi) is 3.90. The van der Waals surface area contributed by atoms with Gasteiger partial charge < -0.3 is 10.4 Å². The fourth-order valence-electron chi connectivity index (χ4n) is 2.30. The van der Waals surface area contributed by atoms with Crippen molar-refractivity contribution in [2.24, 2.45) is 0 Å². The molecule has 0 aliphatic carbocycles. The monoisotopic (exact) mass is 357 g/mol. The summed E-state index contributed by atoms with van der Waals surface area (Å²) in [6, 6.07) is -1.01. The first-order valence-corrected chi connectivity index (χ1v) is 9.00. The van der Waals surface area contributed by atoms with Gasteiger partial charge in [-0.1, -0.05) is 0 Å². The summed E-state index contributed by atoms with van der Waals surface area (Å²) in [6.07, 6.45) is 2.54. The van der Waals surface area contributed by atoms with E-state index >= 15 is 0 Å². The SMILES string of the molecule is CC1C(CO)Nc2nc(ncc2S)Nc2nnc(S(C)(=O)=O)n21. The second-order valence-electron chi connectivity index (χ2n) is 5.17. The number of aliphatic hydroxyl groups is 1. The molecule has 124 valence electrons. The van der Waals surface area contributed by atoms with Crippen molar-refractivity contribution in [1.29, 1.82) is 0 Å². The molecule has 0 saturated heterocycles. The molecule has 3 heterocycles. The van der Waals surface area contributed by atoms with E-state index in [9.17, 15) is 13.5 Å². The van der Waals surface area contributed by atoms with E-state index in [2.05, 4.69) is 43.4 Å². The minimum absolute atomic E-state index is 0.179. The normalized spacial score (nSPS) is 20.5. The minimum Gasteiger partial charge on any atom is -0.394 e. The summed E-state index contributed by atoms with van der Waals surface area (Å²) in [5.41, 5.74) is 0. The van der Waals surface area contributed by atoms with Gasteiger partial charge in [0, 0.05) is 12.5 Å². The molecule has 12 heteroatoms. The molecule has 2 aromatic rings. The molecule has 10 nitrogen and oxygen atoms in total. The van der Waals surface area contributed by atoms with Crippen molar-refractivity contribution in [2.75, 3.05) is 23.5 Å². The molecule has 0 fully saturated rings. The number of thiol groups is 1. The molecule has 0 radical (unpaired) electrons.